The number of para-hydroxylation sites is 1. The third-order valence-corrected chi connectivity index (χ3v) is 4.22. The minimum absolute atomic E-state index is 0.0413. The van der Waals surface area contributed by atoms with Crippen LogP contribution in [0, 0.1) is 5.92 Å². The molecule has 0 bridgehead atoms. The molecular formula is C22H23N3O4. The molecule has 2 aromatic carbocycles. The zero-order valence-electron chi connectivity index (χ0n) is 16.3. The molecule has 29 heavy (non-hydrogen) atoms. The molecule has 0 radical (unpaired) electrons. The Bertz CT molecular complexity index is 939. The summed E-state index contributed by atoms with van der Waals surface area (Å²) in [6.07, 6.45) is 0. The van der Waals surface area contributed by atoms with Crippen LogP contribution in [0.25, 0.3) is 11.3 Å². The fraction of sp³-hybridized carbons (Fsp3) is 0.227. The van der Waals surface area contributed by atoms with Crippen LogP contribution in [-0.4, -0.2) is 23.2 Å². The van der Waals surface area contributed by atoms with Gasteiger partial charge in [0.05, 0.1) is 0 Å². The van der Waals surface area contributed by atoms with E-state index in [-0.39, 0.29) is 12.5 Å². The number of nitrogens with zero attached hydrogens (tertiary/aromatic N) is 1. The van der Waals surface area contributed by atoms with Gasteiger partial charge >= 0.3 is 12.0 Å². The number of nitrogens with one attached hydrogen (secondary N) is 2. The van der Waals surface area contributed by atoms with Crippen LogP contribution in [0.1, 0.15) is 19.5 Å². The third-order valence-electron chi connectivity index (χ3n) is 4.22. The molecule has 3 aromatic rings. The molecule has 0 aliphatic heterocycles. The van der Waals surface area contributed by atoms with E-state index < -0.39 is 18.0 Å². The summed E-state index contributed by atoms with van der Waals surface area (Å²) in [5.74, 6) is -0.0916. The summed E-state index contributed by atoms with van der Waals surface area (Å²) in [5, 5.41) is 9.29. The largest absolute Gasteiger partial charge is 0.458 e. The fourth-order valence-electron chi connectivity index (χ4n) is 2.68. The van der Waals surface area contributed by atoms with Crippen LogP contribution in [0.15, 0.2) is 71.3 Å². The Morgan fingerprint density at radius 1 is 1.03 bits per heavy atom. The Kier molecular flexibility index (Phi) is 6.63. The molecule has 0 aliphatic rings. The molecule has 1 heterocycles. The first-order chi connectivity index (χ1) is 14.0. The van der Waals surface area contributed by atoms with E-state index in [2.05, 4.69) is 15.8 Å². The predicted octanol–water partition coefficient (Wildman–Crippen LogP) is 4.23. The monoisotopic (exact) mass is 393 g/mol. The number of carbonyl (C=O) groups excluding carboxylic acids is 2. The molecule has 0 saturated carbocycles. The van der Waals surface area contributed by atoms with Crippen molar-refractivity contribution >= 4 is 17.7 Å². The van der Waals surface area contributed by atoms with Gasteiger partial charge in [0.1, 0.15) is 18.3 Å². The maximum absolute atomic E-state index is 12.5. The minimum Gasteiger partial charge on any atom is -0.458 e. The number of urea groups is 1. The molecule has 1 aromatic heterocycles. The first-order valence-corrected chi connectivity index (χ1v) is 9.33. The molecule has 0 aliphatic carbocycles. The zero-order valence-corrected chi connectivity index (χ0v) is 16.3. The molecule has 1 atom stereocenters. The van der Waals surface area contributed by atoms with Crippen LogP contribution in [0.3, 0.4) is 0 Å². The van der Waals surface area contributed by atoms with Gasteiger partial charge in [0.25, 0.3) is 0 Å². The van der Waals surface area contributed by atoms with E-state index >= 15 is 0 Å². The average Bonchev–Trinajstić information content (AvgIpc) is 3.20. The van der Waals surface area contributed by atoms with Crippen LogP contribution in [0.5, 0.6) is 0 Å². The average molecular weight is 393 g/mol. The van der Waals surface area contributed by atoms with Crippen molar-refractivity contribution < 1.29 is 18.8 Å². The molecule has 2 amide bonds. The Morgan fingerprint density at radius 2 is 1.69 bits per heavy atom. The highest BCUT2D eigenvalue weighted by molar-refractivity contribution is 5.92. The number of amides is 2. The van der Waals surface area contributed by atoms with Gasteiger partial charge in [0, 0.05) is 17.3 Å². The number of hydrogen-bond donors (Lipinski definition) is 2. The van der Waals surface area contributed by atoms with Crippen LogP contribution in [0.2, 0.25) is 0 Å². The fourth-order valence-corrected chi connectivity index (χ4v) is 2.68. The molecular weight excluding hydrogens is 370 g/mol. The van der Waals surface area contributed by atoms with Crippen molar-refractivity contribution in [3.63, 3.8) is 0 Å². The predicted molar refractivity (Wildman–Crippen MR) is 109 cm³/mol. The van der Waals surface area contributed by atoms with Gasteiger partial charge in [0.2, 0.25) is 0 Å². The highest BCUT2D eigenvalue weighted by Gasteiger charge is 2.26. The van der Waals surface area contributed by atoms with Crippen molar-refractivity contribution in [2.45, 2.75) is 26.5 Å². The second-order valence-electron chi connectivity index (χ2n) is 6.84. The highest BCUT2D eigenvalue weighted by Crippen LogP contribution is 2.20. The number of carbonyl (C=O) groups is 2. The van der Waals surface area contributed by atoms with Gasteiger partial charge in [-0.25, -0.2) is 9.59 Å². The van der Waals surface area contributed by atoms with Gasteiger partial charge < -0.3 is 19.9 Å². The highest BCUT2D eigenvalue weighted by atomic mass is 16.5. The molecule has 0 spiro atoms. The third kappa shape index (κ3) is 5.68. The second-order valence-corrected chi connectivity index (χ2v) is 6.84. The number of benzene rings is 2. The molecule has 7 nitrogen and oxygen atoms in total. The Morgan fingerprint density at radius 3 is 2.34 bits per heavy atom. The summed E-state index contributed by atoms with van der Waals surface area (Å²) >= 11 is 0. The lowest BCUT2D eigenvalue weighted by Gasteiger charge is -2.20. The molecule has 0 unspecified atom stereocenters. The molecule has 2 N–H and O–H groups in total. The van der Waals surface area contributed by atoms with Crippen molar-refractivity contribution in [3.05, 3.63) is 72.4 Å². The van der Waals surface area contributed by atoms with Gasteiger partial charge in [-0.2, -0.15) is 0 Å². The number of hydrogen-bond acceptors (Lipinski definition) is 5. The zero-order chi connectivity index (χ0) is 20.6. The van der Waals surface area contributed by atoms with Crippen molar-refractivity contribution in [2.75, 3.05) is 5.32 Å². The summed E-state index contributed by atoms with van der Waals surface area (Å²) in [5.41, 5.74) is 2.02. The molecule has 0 saturated heterocycles. The second kappa shape index (κ2) is 9.54. The van der Waals surface area contributed by atoms with Crippen LogP contribution >= 0.6 is 0 Å². The topological polar surface area (TPSA) is 93.5 Å². The Labute approximate surface area is 169 Å². The van der Waals surface area contributed by atoms with E-state index in [0.717, 1.165) is 5.56 Å². The quantitative estimate of drug-likeness (QED) is 0.586. The van der Waals surface area contributed by atoms with Crippen molar-refractivity contribution in [2.24, 2.45) is 5.92 Å². The van der Waals surface area contributed by atoms with Crippen LogP contribution < -0.4 is 10.6 Å². The standard InChI is InChI=1S/C22H23N3O4/c1-15(2)20(24-22(27)23-17-11-7-4-8-12-17)21(26)28-14-18-13-19(29-25-18)16-9-5-3-6-10-16/h3-13,15,20H,14H2,1-2H3,(H2,23,24,27)/t20-/m1/s1. The Hall–Kier alpha value is -3.61. The summed E-state index contributed by atoms with van der Waals surface area (Å²) < 4.78 is 10.6. The lowest BCUT2D eigenvalue weighted by molar-refractivity contribution is -0.148. The molecule has 7 heteroatoms. The lowest BCUT2D eigenvalue weighted by atomic mass is 10.1. The number of anilines is 1. The minimum atomic E-state index is -0.792. The normalized spacial score (nSPS) is 11.7. The first kappa shape index (κ1) is 20.1. The summed E-state index contributed by atoms with van der Waals surface area (Å²) in [6.45, 7) is 3.62. The van der Waals surface area contributed by atoms with E-state index in [4.69, 9.17) is 9.26 Å². The summed E-state index contributed by atoms with van der Waals surface area (Å²) in [6, 6.07) is 19.0. The molecule has 150 valence electrons. The van der Waals surface area contributed by atoms with Crippen LogP contribution in [-0.2, 0) is 16.1 Å². The van der Waals surface area contributed by atoms with Gasteiger partial charge in [-0.15, -0.1) is 0 Å². The van der Waals surface area contributed by atoms with Crippen molar-refractivity contribution in [1.82, 2.24) is 10.5 Å². The number of esters is 1. The molecule has 0 fully saturated rings. The van der Waals surface area contributed by atoms with Gasteiger partial charge in [-0.1, -0.05) is 67.5 Å². The number of aromatic nitrogens is 1. The van der Waals surface area contributed by atoms with Crippen molar-refractivity contribution in [1.29, 1.82) is 0 Å². The summed E-state index contributed by atoms with van der Waals surface area (Å²) in [4.78, 5) is 24.7. The smallest absolute Gasteiger partial charge is 0.329 e. The molecule has 3 rings (SSSR count). The summed E-state index contributed by atoms with van der Waals surface area (Å²) in [7, 11) is 0. The van der Waals surface area contributed by atoms with E-state index in [1.807, 2.05) is 62.4 Å². The van der Waals surface area contributed by atoms with Crippen molar-refractivity contribution in [3.8, 4) is 11.3 Å². The Balaban J connectivity index is 1.56. The van der Waals surface area contributed by atoms with Gasteiger partial charge in [-0.3, -0.25) is 0 Å². The first-order valence-electron chi connectivity index (χ1n) is 9.33. The SMILES string of the molecule is CC(C)[C@@H](NC(=O)Nc1ccccc1)C(=O)OCc1cc(-c2ccccc2)on1. The van der Waals surface area contributed by atoms with Gasteiger partial charge in [-0.05, 0) is 18.1 Å². The van der Waals surface area contributed by atoms with E-state index in [9.17, 15) is 9.59 Å². The van der Waals surface area contributed by atoms with Crippen LogP contribution in [0.4, 0.5) is 10.5 Å². The van der Waals surface area contributed by atoms with E-state index in [0.29, 0.717) is 17.1 Å². The van der Waals surface area contributed by atoms with Gasteiger partial charge in [0.15, 0.2) is 5.76 Å². The maximum Gasteiger partial charge on any atom is 0.329 e. The maximum atomic E-state index is 12.5. The number of ether oxygens (including phenoxy) is 1. The van der Waals surface area contributed by atoms with E-state index in [1.165, 1.54) is 0 Å². The lowest BCUT2D eigenvalue weighted by Crippen LogP contribution is -2.47. The number of rotatable bonds is 7. The van der Waals surface area contributed by atoms with E-state index in [1.54, 1.807) is 18.2 Å².